The molecular weight excluding hydrogens is 392 g/mol. The molecule has 150 valence electrons. The molecule has 1 aromatic heterocycles. The molecular formula is C22H21ClN2O4. The fourth-order valence-electron chi connectivity index (χ4n) is 2.75. The zero-order chi connectivity index (χ0) is 20.6. The first-order valence-corrected chi connectivity index (χ1v) is 9.30. The molecule has 6 nitrogen and oxygen atoms in total. The summed E-state index contributed by atoms with van der Waals surface area (Å²) < 4.78 is 16.3. The molecule has 1 heterocycles. The molecule has 0 atom stereocenters. The van der Waals surface area contributed by atoms with Crippen molar-refractivity contribution in [2.24, 2.45) is 0 Å². The first-order valence-electron chi connectivity index (χ1n) is 8.92. The maximum Gasteiger partial charge on any atom is 0.266 e. The Kier molecular flexibility index (Phi) is 6.92. The Hall–Kier alpha value is -3.25. The molecule has 2 aromatic carbocycles. The number of hydrogen-bond donors (Lipinski definition) is 0. The van der Waals surface area contributed by atoms with Crippen LogP contribution < -0.4 is 19.1 Å². The lowest BCUT2D eigenvalue weighted by Crippen LogP contribution is -2.35. The summed E-state index contributed by atoms with van der Waals surface area (Å²) in [4.78, 5) is 18.8. The van der Waals surface area contributed by atoms with E-state index in [1.165, 1.54) is 0 Å². The number of pyridine rings is 1. The molecule has 0 saturated heterocycles. The van der Waals surface area contributed by atoms with Gasteiger partial charge in [0.25, 0.3) is 5.91 Å². The van der Waals surface area contributed by atoms with Crippen molar-refractivity contribution in [1.82, 2.24) is 4.98 Å². The molecule has 0 aliphatic heterocycles. The van der Waals surface area contributed by atoms with Gasteiger partial charge in [0.05, 0.1) is 25.8 Å². The Bertz CT molecular complexity index is 966. The molecule has 0 aliphatic rings. The van der Waals surface area contributed by atoms with Gasteiger partial charge in [-0.1, -0.05) is 35.9 Å². The fraction of sp³-hybridized carbons (Fsp3) is 0.182. The topological polar surface area (TPSA) is 60.9 Å². The number of halogens is 1. The van der Waals surface area contributed by atoms with Crippen LogP contribution >= 0.6 is 11.6 Å². The number of hydrogen-bond acceptors (Lipinski definition) is 5. The highest BCUT2D eigenvalue weighted by molar-refractivity contribution is 6.32. The van der Waals surface area contributed by atoms with Crippen LogP contribution in [0.2, 0.25) is 5.02 Å². The average molecular weight is 413 g/mol. The van der Waals surface area contributed by atoms with Crippen molar-refractivity contribution < 1.29 is 19.0 Å². The third-order valence-corrected chi connectivity index (χ3v) is 4.52. The van der Waals surface area contributed by atoms with Crippen LogP contribution in [0.15, 0.2) is 66.9 Å². The highest BCUT2D eigenvalue weighted by atomic mass is 35.5. The molecule has 1 amide bonds. The fourth-order valence-corrected chi connectivity index (χ4v) is 2.94. The van der Waals surface area contributed by atoms with E-state index >= 15 is 0 Å². The normalized spacial score (nSPS) is 10.3. The summed E-state index contributed by atoms with van der Waals surface area (Å²) in [6, 6.07) is 17.9. The predicted molar refractivity (Wildman–Crippen MR) is 112 cm³/mol. The quantitative estimate of drug-likeness (QED) is 0.550. The highest BCUT2D eigenvalue weighted by Crippen LogP contribution is 2.29. The summed E-state index contributed by atoms with van der Waals surface area (Å²) >= 11 is 6.11. The molecule has 3 rings (SSSR count). The van der Waals surface area contributed by atoms with E-state index in [-0.39, 0.29) is 12.5 Å². The van der Waals surface area contributed by atoms with Crippen molar-refractivity contribution >= 4 is 23.3 Å². The molecule has 0 fully saturated rings. The van der Waals surface area contributed by atoms with Gasteiger partial charge in [-0.25, -0.2) is 4.98 Å². The molecule has 0 N–H and O–H groups in total. The first kappa shape index (κ1) is 20.5. The molecule has 3 aromatic rings. The van der Waals surface area contributed by atoms with Crippen molar-refractivity contribution in [2.75, 3.05) is 25.7 Å². The maximum absolute atomic E-state index is 13.0. The number of para-hydroxylation sites is 1. The second-order valence-corrected chi connectivity index (χ2v) is 6.48. The molecule has 0 bridgehead atoms. The number of methoxy groups -OCH3 is 2. The van der Waals surface area contributed by atoms with E-state index in [9.17, 15) is 4.79 Å². The Balaban J connectivity index is 1.82. The minimum Gasteiger partial charge on any atom is -0.493 e. The summed E-state index contributed by atoms with van der Waals surface area (Å²) in [7, 11) is 3.15. The monoisotopic (exact) mass is 412 g/mol. The predicted octanol–water partition coefficient (Wildman–Crippen LogP) is 4.36. The van der Waals surface area contributed by atoms with Crippen LogP contribution in [-0.4, -0.2) is 31.7 Å². The summed E-state index contributed by atoms with van der Waals surface area (Å²) in [6.45, 7) is 0.121. The van der Waals surface area contributed by atoms with Crippen LogP contribution in [0.3, 0.4) is 0 Å². The van der Waals surface area contributed by atoms with Gasteiger partial charge < -0.3 is 14.2 Å². The maximum atomic E-state index is 13.0. The van der Waals surface area contributed by atoms with Gasteiger partial charge in [-0.3, -0.25) is 9.69 Å². The molecule has 0 radical (unpaired) electrons. The van der Waals surface area contributed by atoms with E-state index in [4.69, 9.17) is 25.8 Å². The van der Waals surface area contributed by atoms with Crippen LogP contribution in [0.25, 0.3) is 0 Å². The molecule has 0 aliphatic carbocycles. The average Bonchev–Trinajstić information content (AvgIpc) is 2.77. The van der Waals surface area contributed by atoms with Crippen molar-refractivity contribution in [2.45, 2.75) is 6.54 Å². The minimum atomic E-state index is -0.251. The van der Waals surface area contributed by atoms with Crippen molar-refractivity contribution in [3.05, 3.63) is 77.4 Å². The molecule has 0 saturated carbocycles. The number of nitrogens with zero attached hydrogens (tertiary/aromatic N) is 2. The van der Waals surface area contributed by atoms with Gasteiger partial charge >= 0.3 is 0 Å². The molecule has 0 spiro atoms. The lowest BCUT2D eigenvalue weighted by molar-refractivity contribution is -0.120. The van der Waals surface area contributed by atoms with Crippen molar-refractivity contribution in [3.63, 3.8) is 0 Å². The number of aromatic nitrogens is 1. The smallest absolute Gasteiger partial charge is 0.266 e. The standard InChI is InChI=1S/C22H21ClN2O4/c1-27-19-11-10-16(13-20(19)28-2)14-25(21-9-5-6-12-24-21)22(26)15-29-18-8-4-3-7-17(18)23/h3-13H,14-15H2,1-2H3. The van der Waals surface area contributed by atoms with Crippen LogP contribution in [0, 0.1) is 0 Å². The minimum absolute atomic E-state index is 0.173. The molecule has 7 heteroatoms. The van der Waals surface area contributed by atoms with E-state index in [0.717, 1.165) is 5.56 Å². The SMILES string of the molecule is COc1ccc(CN(C(=O)COc2ccccc2Cl)c2ccccn2)cc1OC. The van der Waals surface area contributed by atoms with Gasteiger partial charge in [-0.15, -0.1) is 0 Å². The van der Waals surface area contributed by atoms with Gasteiger partial charge in [0.1, 0.15) is 11.6 Å². The zero-order valence-electron chi connectivity index (χ0n) is 16.2. The summed E-state index contributed by atoms with van der Waals surface area (Å²) in [5.74, 6) is 1.93. The van der Waals surface area contributed by atoms with E-state index in [2.05, 4.69) is 4.98 Å². The molecule has 29 heavy (non-hydrogen) atoms. The Labute approximate surface area is 174 Å². The zero-order valence-corrected chi connectivity index (χ0v) is 16.9. The largest absolute Gasteiger partial charge is 0.493 e. The highest BCUT2D eigenvalue weighted by Gasteiger charge is 2.19. The number of ether oxygens (including phenoxy) is 3. The van der Waals surface area contributed by atoms with Gasteiger partial charge in [0.2, 0.25) is 0 Å². The third-order valence-electron chi connectivity index (χ3n) is 4.20. The first-order chi connectivity index (χ1) is 14.1. The summed E-state index contributed by atoms with van der Waals surface area (Å²) in [5, 5.41) is 0.449. The number of amides is 1. The van der Waals surface area contributed by atoms with E-state index < -0.39 is 0 Å². The van der Waals surface area contributed by atoms with Crippen LogP contribution in [0.1, 0.15) is 5.56 Å². The number of rotatable bonds is 8. The van der Waals surface area contributed by atoms with Crippen LogP contribution in [-0.2, 0) is 11.3 Å². The number of benzene rings is 2. The number of anilines is 1. The Morgan fingerprint density at radius 3 is 2.41 bits per heavy atom. The lowest BCUT2D eigenvalue weighted by atomic mass is 10.2. The summed E-state index contributed by atoms with van der Waals surface area (Å²) in [5.41, 5.74) is 0.861. The van der Waals surface area contributed by atoms with Gasteiger partial charge in [0, 0.05) is 6.20 Å². The Morgan fingerprint density at radius 2 is 1.72 bits per heavy atom. The van der Waals surface area contributed by atoms with Crippen LogP contribution in [0.4, 0.5) is 5.82 Å². The van der Waals surface area contributed by atoms with Gasteiger partial charge in [-0.05, 0) is 42.0 Å². The summed E-state index contributed by atoms with van der Waals surface area (Å²) in [6.07, 6.45) is 1.64. The van der Waals surface area contributed by atoms with E-state index in [1.807, 2.05) is 18.2 Å². The van der Waals surface area contributed by atoms with Crippen molar-refractivity contribution in [3.8, 4) is 17.2 Å². The number of carbonyl (C=O) groups is 1. The second-order valence-electron chi connectivity index (χ2n) is 6.08. The lowest BCUT2D eigenvalue weighted by Gasteiger charge is -2.22. The second kappa shape index (κ2) is 9.80. The van der Waals surface area contributed by atoms with Crippen molar-refractivity contribution in [1.29, 1.82) is 0 Å². The molecule has 0 unspecified atom stereocenters. The van der Waals surface area contributed by atoms with Crippen LogP contribution in [0.5, 0.6) is 17.2 Å². The van der Waals surface area contributed by atoms with Gasteiger partial charge in [-0.2, -0.15) is 0 Å². The Morgan fingerprint density at radius 1 is 0.966 bits per heavy atom. The number of carbonyl (C=O) groups excluding carboxylic acids is 1. The third kappa shape index (κ3) is 5.18. The van der Waals surface area contributed by atoms with E-state index in [0.29, 0.717) is 34.6 Å². The van der Waals surface area contributed by atoms with Gasteiger partial charge in [0.15, 0.2) is 18.1 Å². The van der Waals surface area contributed by atoms with E-state index in [1.54, 1.807) is 67.8 Å².